The number of nitrogens with zero attached hydrogens (tertiary/aromatic N) is 2. The summed E-state index contributed by atoms with van der Waals surface area (Å²) in [4.78, 5) is 14.7. The number of aliphatic hydroxyl groups is 1. The van der Waals surface area contributed by atoms with E-state index in [2.05, 4.69) is 16.7 Å². The Kier molecular flexibility index (Phi) is 5.30. The maximum Gasteiger partial charge on any atom is 0.219 e. The van der Waals surface area contributed by atoms with E-state index in [1.807, 2.05) is 0 Å². The SMILES string of the molecule is CC(=O)N(C)CC#CCN1CCCC1CO. The molecule has 0 aromatic rings. The average molecular weight is 224 g/mol. The van der Waals surface area contributed by atoms with Crippen LogP contribution in [0.5, 0.6) is 0 Å². The van der Waals surface area contributed by atoms with Gasteiger partial charge in [-0.05, 0) is 19.4 Å². The summed E-state index contributed by atoms with van der Waals surface area (Å²) in [7, 11) is 1.74. The molecule has 1 rings (SSSR count). The van der Waals surface area contributed by atoms with Crippen LogP contribution in [0.15, 0.2) is 0 Å². The van der Waals surface area contributed by atoms with E-state index in [0.717, 1.165) is 19.4 Å². The van der Waals surface area contributed by atoms with Crippen molar-refractivity contribution >= 4 is 5.91 Å². The summed E-state index contributed by atoms with van der Waals surface area (Å²) in [6, 6.07) is 0.278. The monoisotopic (exact) mass is 224 g/mol. The fraction of sp³-hybridized carbons (Fsp3) is 0.750. The van der Waals surface area contributed by atoms with Crippen LogP contribution >= 0.6 is 0 Å². The third-order valence-corrected chi connectivity index (χ3v) is 2.97. The van der Waals surface area contributed by atoms with E-state index in [9.17, 15) is 4.79 Å². The van der Waals surface area contributed by atoms with Gasteiger partial charge in [-0.15, -0.1) is 0 Å². The van der Waals surface area contributed by atoms with Crippen molar-refractivity contribution in [2.75, 3.05) is 33.3 Å². The van der Waals surface area contributed by atoms with E-state index in [1.165, 1.54) is 6.92 Å². The van der Waals surface area contributed by atoms with Gasteiger partial charge in [-0.1, -0.05) is 11.8 Å². The molecule has 1 unspecified atom stereocenters. The summed E-state index contributed by atoms with van der Waals surface area (Å²) in [6.45, 7) is 3.94. The van der Waals surface area contributed by atoms with Crippen molar-refractivity contribution in [3.8, 4) is 11.8 Å². The molecule has 1 N–H and O–H groups in total. The summed E-state index contributed by atoms with van der Waals surface area (Å²) in [5, 5.41) is 9.11. The molecule has 1 amide bonds. The van der Waals surface area contributed by atoms with Gasteiger partial charge in [-0.2, -0.15) is 0 Å². The standard InChI is InChI=1S/C12H20N2O2/c1-11(16)13(2)7-3-4-8-14-9-5-6-12(14)10-15/h12,15H,5-10H2,1-2H3. The van der Waals surface area contributed by atoms with Gasteiger partial charge < -0.3 is 10.0 Å². The molecule has 0 spiro atoms. The highest BCUT2D eigenvalue weighted by Crippen LogP contribution is 2.15. The molecule has 4 nitrogen and oxygen atoms in total. The van der Waals surface area contributed by atoms with Crippen LogP contribution in [0.1, 0.15) is 19.8 Å². The lowest BCUT2D eigenvalue weighted by molar-refractivity contribution is -0.126. The van der Waals surface area contributed by atoms with Crippen LogP contribution in [0.4, 0.5) is 0 Å². The number of hydrogen-bond donors (Lipinski definition) is 1. The molecule has 1 saturated heterocycles. The van der Waals surface area contributed by atoms with E-state index < -0.39 is 0 Å². The zero-order valence-electron chi connectivity index (χ0n) is 10.1. The second-order valence-corrected chi connectivity index (χ2v) is 4.18. The van der Waals surface area contributed by atoms with Crippen LogP contribution in [0.3, 0.4) is 0 Å². The lowest BCUT2D eigenvalue weighted by Crippen LogP contribution is -2.32. The van der Waals surface area contributed by atoms with E-state index in [-0.39, 0.29) is 18.6 Å². The highest BCUT2D eigenvalue weighted by atomic mass is 16.3. The van der Waals surface area contributed by atoms with Gasteiger partial charge in [0.2, 0.25) is 5.91 Å². The van der Waals surface area contributed by atoms with Gasteiger partial charge in [0, 0.05) is 20.0 Å². The molecule has 0 bridgehead atoms. The fourth-order valence-corrected chi connectivity index (χ4v) is 1.75. The zero-order chi connectivity index (χ0) is 12.0. The van der Waals surface area contributed by atoms with E-state index in [1.54, 1.807) is 11.9 Å². The molecular formula is C12H20N2O2. The van der Waals surface area contributed by atoms with Crippen molar-refractivity contribution in [3.63, 3.8) is 0 Å². The Labute approximate surface area is 97.2 Å². The lowest BCUT2D eigenvalue weighted by atomic mass is 10.2. The molecule has 0 aliphatic carbocycles. The van der Waals surface area contributed by atoms with Crippen LogP contribution in [0.2, 0.25) is 0 Å². The highest BCUT2D eigenvalue weighted by molar-refractivity contribution is 5.73. The van der Waals surface area contributed by atoms with Gasteiger partial charge >= 0.3 is 0 Å². The number of amides is 1. The maximum absolute atomic E-state index is 10.9. The molecule has 1 aliphatic heterocycles. The van der Waals surface area contributed by atoms with Crippen molar-refractivity contribution in [1.29, 1.82) is 0 Å². The molecule has 1 heterocycles. The molecule has 0 radical (unpaired) electrons. The molecule has 0 aromatic heterocycles. The number of likely N-dealkylation sites (tertiary alicyclic amines) is 1. The van der Waals surface area contributed by atoms with E-state index in [0.29, 0.717) is 13.1 Å². The van der Waals surface area contributed by atoms with Crippen LogP contribution in [0, 0.1) is 11.8 Å². The molecular weight excluding hydrogens is 204 g/mol. The Hall–Kier alpha value is -1.05. The minimum Gasteiger partial charge on any atom is -0.395 e. The predicted octanol–water partition coefficient (Wildman–Crippen LogP) is -0.0752. The minimum atomic E-state index is 0.0312. The van der Waals surface area contributed by atoms with Gasteiger partial charge in [-0.3, -0.25) is 9.69 Å². The van der Waals surface area contributed by atoms with Crippen molar-refractivity contribution in [2.45, 2.75) is 25.8 Å². The molecule has 16 heavy (non-hydrogen) atoms. The van der Waals surface area contributed by atoms with Gasteiger partial charge in [0.1, 0.15) is 0 Å². The minimum absolute atomic E-state index is 0.0312. The Morgan fingerprint density at radius 2 is 2.31 bits per heavy atom. The van der Waals surface area contributed by atoms with Crippen LogP contribution in [-0.2, 0) is 4.79 Å². The van der Waals surface area contributed by atoms with Gasteiger partial charge in [0.15, 0.2) is 0 Å². The lowest BCUT2D eigenvalue weighted by Gasteiger charge is -2.19. The van der Waals surface area contributed by atoms with E-state index >= 15 is 0 Å². The Balaban J connectivity index is 2.28. The topological polar surface area (TPSA) is 43.8 Å². The second kappa shape index (κ2) is 6.51. The smallest absolute Gasteiger partial charge is 0.219 e. The van der Waals surface area contributed by atoms with Gasteiger partial charge in [0.25, 0.3) is 0 Å². The zero-order valence-corrected chi connectivity index (χ0v) is 10.1. The number of hydrogen-bond acceptors (Lipinski definition) is 3. The van der Waals surface area contributed by atoms with Crippen LogP contribution in [0.25, 0.3) is 0 Å². The normalized spacial score (nSPS) is 20.3. The molecule has 1 fully saturated rings. The maximum atomic E-state index is 10.9. The predicted molar refractivity (Wildman–Crippen MR) is 62.8 cm³/mol. The first-order valence-corrected chi connectivity index (χ1v) is 5.67. The third-order valence-electron chi connectivity index (χ3n) is 2.97. The third kappa shape index (κ3) is 3.84. The van der Waals surface area contributed by atoms with Crippen molar-refractivity contribution in [3.05, 3.63) is 0 Å². The molecule has 4 heteroatoms. The highest BCUT2D eigenvalue weighted by Gasteiger charge is 2.22. The summed E-state index contributed by atoms with van der Waals surface area (Å²) in [5.74, 6) is 6.05. The largest absolute Gasteiger partial charge is 0.395 e. The second-order valence-electron chi connectivity index (χ2n) is 4.18. The average Bonchev–Trinajstić information content (AvgIpc) is 2.71. The summed E-state index contributed by atoms with van der Waals surface area (Å²) >= 11 is 0. The summed E-state index contributed by atoms with van der Waals surface area (Å²) in [6.07, 6.45) is 2.20. The quantitative estimate of drug-likeness (QED) is 0.682. The number of carbonyl (C=O) groups excluding carboxylic acids is 1. The molecule has 90 valence electrons. The Bertz CT molecular complexity index is 293. The van der Waals surface area contributed by atoms with Crippen LogP contribution < -0.4 is 0 Å². The van der Waals surface area contributed by atoms with Crippen molar-refractivity contribution < 1.29 is 9.90 Å². The molecule has 1 atom stereocenters. The number of carbonyl (C=O) groups is 1. The fourth-order valence-electron chi connectivity index (χ4n) is 1.75. The van der Waals surface area contributed by atoms with Crippen molar-refractivity contribution in [1.82, 2.24) is 9.80 Å². The molecule has 0 aromatic carbocycles. The van der Waals surface area contributed by atoms with Gasteiger partial charge in [0.05, 0.1) is 19.7 Å². The first-order chi connectivity index (χ1) is 7.65. The number of aliphatic hydroxyl groups excluding tert-OH is 1. The first kappa shape index (κ1) is 13.0. The molecule has 0 saturated carbocycles. The van der Waals surface area contributed by atoms with E-state index in [4.69, 9.17) is 5.11 Å². The Morgan fingerprint density at radius 3 is 2.94 bits per heavy atom. The van der Waals surface area contributed by atoms with Crippen molar-refractivity contribution in [2.24, 2.45) is 0 Å². The van der Waals surface area contributed by atoms with Crippen LogP contribution in [-0.4, -0.2) is 60.1 Å². The number of rotatable bonds is 3. The summed E-state index contributed by atoms with van der Waals surface area (Å²) < 4.78 is 0. The van der Waals surface area contributed by atoms with Gasteiger partial charge in [-0.25, -0.2) is 0 Å². The summed E-state index contributed by atoms with van der Waals surface area (Å²) in [5.41, 5.74) is 0. The first-order valence-electron chi connectivity index (χ1n) is 5.67. The molecule has 1 aliphatic rings. The Morgan fingerprint density at radius 1 is 1.56 bits per heavy atom.